The van der Waals surface area contributed by atoms with E-state index in [0.29, 0.717) is 62.7 Å². The Hall–Kier alpha value is -6.04. The third-order valence-electron chi connectivity index (χ3n) is 12.3. The van der Waals surface area contributed by atoms with Gasteiger partial charge in [0.1, 0.15) is 24.3 Å². The van der Waals surface area contributed by atoms with Crippen molar-refractivity contribution < 1.29 is 38.9 Å². The van der Waals surface area contributed by atoms with Gasteiger partial charge < -0.3 is 39.4 Å². The van der Waals surface area contributed by atoms with Crippen LogP contribution in [0.3, 0.4) is 0 Å². The molecule has 0 unspecified atom stereocenters. The highest BCUT2D eigenvalue weighted by molar-refractivity contribution is 7.10. The van der Waals surface area contributed by atoms with E-state index in [2.05, 4.69) is 73.0 Å². The zero-order valence-electron chi connectivity index (χ0n) is 40.5. The van der Waals surface area contributed by atoms with Crippen molar-refractivity contribution in [2.45, 2.75) is 118 Å². The molecule has 0 radical (unpaired) electrons. The summed E-state index contributed by atoms with van der Waals surface area (Å²) in [5.74, 6) is -1.43. The number of aliphatic hydroxyl groups is 1. The molecule has 3 aromatic heterocycles. The maximum atomic E-state index is 14.0. The molecular formula is C51H66N8O8S. The lowest BCUT2D eigenvalue weighted by atomic mass is 9.84. The lowest BCUT2D eigenvalue weighted by molar-refractivity contribution is -0.147. The quantitative estimate of drug-likeness (QED) is 0.0792. The third-order valence-corrected chi connectivity index (χ3v) is 13.2. The number of nitrogens with one attached hydrogen (secondary N) is 2. The van der Waals surface area contributed by atoms with Crippen molar-refractivity contribution in [1.82, 2.24) is 35.2 Å². The fourth-order valence-corrected chi connectivity index (χ4v) is 9.70. The van der Waals surface area contributed by atoms with E-state index in [1.807, 2.05) is 48.0 Å². The van der Waals surface area contributed by atoms with Gasteiger partial charge in [0.25, 0.3) is 5.91 Å². The predicted molar refractivity (Wildman–Crippen MR) is 263 cm³/mol. The standard InChI is InChI=1S/C51H66N8O8S/c1-9-58-42-18-17-34(41-30-68-43(53-41)26-40(54-48(64)67-50(4,5)6)46(61)59-19-13-16-39(55-59)47(62)63)24-36(42)38(27-51(7,8)31-60)45(58)37-25-35(28-52-44(37)32(2)3)56-20-22-57(23-21-56)49(65)66-29-33-14-11-10-12-15-33/h10-12,14-15,17-18,24-25,28,30,32,39-40,55,60H,9,13,16,19-23,26-27,29,31H2,1-8H3,(H,54,64)(H,62,63)/t39-,40-/m0/s1. The Morgan fingerprint density at radius 1 is 0.985 bits per heavy atom. The molecule has 5 aromatic rings. The van der Waals surface area contributed by atoms with Crippen LogP contribution in [-0.2, 0) is 45.1 Å². The number of carbonyl (C=O) groups is 4. The molecule has 2 saturated heterocycles. The van der Waals surface area contributed by atoms with Gasteiger partial charge in [-0.15, -0.1) is 11.3 Å². The molecular weight excluding hydrogens is 885 g/mol. The van der Waals surface area contributed by atoms with E-state index in [0.717, 1.165) is 50.2 Å². The van der Waals surface area contributed by atoms with Crippen molar-refractivity contribution in [3.8, 4) is 22.5 Å². The molecule has 0 aliphatic carbocycles. The Kier molecular flexibility index (Phi) is 15.5. The van der Waals surface area contributed by atoms with E-state index in [9.17, 15) is 29.4 Å². The molecule has 2 aromatic carbocycles. The maximum absolute atomic E-state index is 14.0. The number of hydrazine groups is 1. The number of pyridine rings is 1. The average molecular weight is 951 g/mol. The number of aliphatic hydroxyl groups excluding tert-OH is 1. The molecule has 2 atom stereocenters. The molecule has 3 amide bonds. The number of carboxylic acids is 1. The number of aryl methyl sites for hydroxylation is 1. The zero-order valence-corrected chi connectivity index (χ0v) is 41.3. The molecule has 5 heterocycles. The molecule has 4 N–H and O–H groups in total. The first-order valence-electron chi connectivity index (χ1n) is 23.6. The van der Waals surface area contributed by atoms with Gasteiger partial charge in [0.2, 0.25) is 0 Å². The van der Waals surface area contributed by atoms with Gasteiger partial charge in [-0.05, 0) is 87.6 Å². The number of aromatic nitrogens is 3. The van der Waals surface area contributed by atoms with Crippen LogP contribution in [-0.4, -0.2) is 116 Å². The summed E-state index contributed by atoms with van der Waals surface area (Å²) in [6.45, 7) is 19.2. The molecule has 17 heteroatoms. The summed E-state index contributed by atoms with van der Waals surface area (Å²) in [5.41, 5.74) is 10.2. The lowest BCUT2D eigenvalue weighted by Crippen LogP contribution is -2.60. The number of carboxylic acid groups (broad SMARTS) is 1. The van der Waals surface area contributed by atoms with Crippen molar-refractivity contribution in [2.75, 3.05) is 44.2 Å². The normalized spacial score (nSPS) is 16.3. The molecule has 2 aliphatic heterocycles. The summed E-state index contributed by atoms with van der Waals surface area (Å²) in [5, 5.41) is 27.9. The van der Waals surface area contributed by atoms with Gasteiger partial charge in [0, 0.05) is 79.7 Å². The van der Waals surface area contributed by atoms with Gasteiger partial charge in [0.05, 0.1) is 34.0 Å². The van der Waals surface area contributed by atoms with E-state index in [1.165, 1.54) is 16.3 Å². The Morgan fingerprint density at radius 2 is 1.72 bits per heavy atom. The SMILES string of the molecule is CCn1c(-c2cc(N3CCN(C(=O)OCc4ccccc4)CC3)cnc2C(C)C)c(CC(C)(C)CO)c2cc(-c3csc(C[C@H](NC(=O)OC(C)(C)C)C(=O)N4CCC[C@@H](C(=O)O)N4)n3)ccc21. The van der Waals surface area contributed by atoms with Crippen molar-refractivity contribution >= 4 is 52.0 Å². The predicted octanol–water partition coefficient (Wildman–Crippen LogP) is 8.01. The number of hydrogen-bond acceptors (Lipinski definition) is 12. The number of amides is 3. The van der Waals surface area contributed by atoms with Crippen LogP contribution in [0.15, 0.2) is 66.2 Å². The lowest BCUT2D eigenvalue weighted by Gasteiger charge is -2.35. The number of fused-ring (bicyclic) bond motifs is 1. The fraction of sp³-hybridized carbons (Fsp3) is 0.490. The first-order valence-corrected chi connectivity index (χ1v) is 24.4. The van der Waals surface area contributed by atoms with E-state index < -0.39 is 41.1 Å². The summed E-state index contributed by atoms with van der Waals surface area (Å²) in [4.78, 5) is 66.0. The van der Waals surface area contributed by atoms with Gasteiger partial charge in [-0.3, -0.25) is 19.6 Å². The average Bonchev–Trinajstić information content (AvgIpc) is 3.91. The van der Waals surface area contributed by atoms with Gasteiger partial charge in [-0.2, -0.15) is 0 Å². The van der Waals surface area contributed by atoms with Crippen molar-refractivity contribution in [2.24, 2.45) is 5.41 Å². The Labute approximate surface area is 402 Å². The topological polar surface area (TPSA) is 192 Å². The second-order valence-corrected chi connectivity index (χ2v) is 20.7. The molecule has 0 spiro atoms. The van der Waals surface area contributed by atoms with Crippen LogP contribution in [0.4, 0.5) is 15.3 Å². The van der Waals surface area contributed by atoms with Crippen LogP contribution in [0.1, 0.15) is 96.0 Å². The second-order valence-electron chi connectivity index (χ2n) is 19.8. The molecule has 0 saturated carbocycles. The van der Waals surface area contributed by atoms with Crippen LogP contribution < -0.4 is 15.6 Å². The van der Waals surface area contributed by atoms with Gasteiger partial charge in [-0.25, -0.2) is 20.0 Å². The van der Waals surface area contributed by atoms with Crippen LogP contribution in [0, 0.1) is 5.41 Å². The van der Waals surface area contributed by atoms with Crippen LogP contribution in [0.2, 0.25) is 0 Å². The number of aliphatic carboxylic acids is 1. The summed E-state index contributed by atoms with van der Waals surface area (Å²) in [6.07, 6.45) is 2.35. The third kappa shape index (κ3) is 11.8. The minimum atomic E-state index is -1.08. The molecule has 7 rings (SSSR count). The number of alkyl carbamates (subject to hydrolysis) is 1. The van der Waals surface area contributed by atoms with Crippen LogP contribution in [0.25, 0.3) is 33.4 Å². The number of hydrogen-bond donors (Lipinski definition) is 4. The summed E-state index contributed by atoms with van der Waals surface area (Å²) < 4.78 is 13.5. The molecule has 2 aliphatic rings. The number of thiazole rings is 1. The van der Waals surface area contributed by atoms with E-state index in [1.54, 1.807) is 25.7 Å². The summed E-state index contributed by atoms with van der Waals surface area (Å²) in [7, 11) is 0. The highest BCUT2D eigenvalue weighted by Gasteiger charge is 2.35. The minimum Gasteiger partial charge on any atom is -0.480 e. The number of rotatable bonds is 15. The number of anilines is 1. The van der Waals surface area contributed by atoms with Gasteiger partial charge in [-0.1, -0.05) is 64.1 Å². The Bertz CT molecular complexity index is 2600. The number of ether oxygens (including phenoxy) is 2. The van der Waals surface area contributed by atoms with E-state index >= 15 is 0 Å². The van der Waals surface area contributed by atoms with E-state index in [4.69, 9.17) is 19.4 Å². The number of benzene rings is 2. The number of nitrogens with zero attached hydrogens (tertiary/aromatic N) is 6. The number of piperazine rings is 1. The zero-order chi connectivity index (χ0) is 48.9. The molecule has 364 valence electrons. The monoisotopic (exact) mass is 950 g/mol. The van der Waals surface area contributed by atoms with Gasteiger partial charge >= 0.3 is 18.2 Å². The molecule has 16 nitrogen and oxygen atoms in total. The van der Waals surface area contributed by atoms with Crippen molar-refractivity contribution in [1.29, 1.82) is 0 Å². The number of carbonyl (C=O) groups excluding carboxylic acids is 3. The fourth-order valence-electron chi connectivity index (χ4n) is 8.85. The summed E-state index contributed by atoms with van der Waals surface area (Å²) in [6, 6.07) is 16.2. The molecule has 2 fully saturated rings. The summed E-state index contributed by atoms with van der Waals surface area (Å²) >= 11 is 1.37. The van der Waals surface area contributed by atoms with Crippen molar-refractivity contribution in [3.05, 3.63) is 88.0 Å². The van der Waals surface area contributed by atoms with Crippen LogP contribution in [0.5, 0.6) is 0 Å². The van der Waals surface area contributed by atoms with Gasteiger partial charge in [0.15, 0.2) is 0 Å². The Balaban J connectivity index is 1.20. The highest BCUT2D eigenvalue weighted by Crippen LogP contribution is 2.43. The largest absolute Gasteiger partial charge is 0.480 e. The minimum absolute atomic E-state index is 0.0190. The first kappa shape index (κ1) is 49.9. The van der Waals surface area contributed by atoms with Crippen LogP contribution >= 0.6 is 11.3 Å². The van der Waals surface area contributed by atoms with E-state index in [-0.39, 0.29) is 38.2 Å². The first-order chi connectivity index (χ1) is 32.3. The second kappa shape index (κ2) is 21.1. The van der Waals surface area contributed by atoms with Crippen molar-refractivity contribution in [3.63, 3.8) is 0 Å². The molecule has 0 bridgehead atoms. The highest BCUT2D eigenvalue weighted by atomic mass is 32.1. The smallest absolute Gasteiger partial charge is 0.410 e. The Morgan fingerprint density at radius 3 is 2.38 bits per heavy atom. The maximum Gasteiger partial charge on any atom is 0.410 e. The molecule has 68 heavy (non-hydrogen) atoms.